The summed E-state index contributed by atoms with van der Waals surface area (Å²) >= 11 is 0. The zero-order chi connectivity index (χ0) is 21.3. The van der Waals surface area contributed by atoms with Gasteiger partial charge in [0.15, 0.2) is 11.6 Å². The maximum Gasteiger partial charge on any atom is 0.313 e. The summed E-state index contributed by atoms with van der Waals surface area (Å²) in [6, 6.07) is 7.37. The molecule has 7 heteroatoms. The van der Waals surface area contributed by atoms with Gasteiger partial charge in [-0.05, 0) is 50.1 Å². The van der Waals surface area contributed by atoms with Gasteiger partial charge in [0, 0.05) is 22.7 Å². The van der Waals surface area contributed by atoms with Crippen molar-refractivity contribution in [2.75, 3.05) is 6.61 Å². The maximum atomic E-state index is 14.1. The van der Waals surface area contributed by atoms with E-state index >= 15 is 0 Å². The van der Waals surface area contributed by atoms with Gasteiger partial charge in [-0.1, -0.05) is 13.0 Å². The molecule has 1 N–H and O–H groups in total. The second kappa shape index (κ2) is 8.03. The minimum atomic E-state index is -0.906. The third-order valence-corrected chi connectivity index (χ3v) is 4.83. The van der Waals surface area contributed by atoms with Crippen molar-refractivity contribution in [2.24, 2.45) is 0 Å². The number of benzene rings is 2. The number of hydrogen-bond donors (Lipinski definition) is 1. The Kier molecular flexibility index (Phi) is 5.68. The largest absolute Gasteiger partial charge is 0.505 e. The quantitative estimate of drug-likeness (QED) is 0.631. The molecule has 3 rings (SSSR count). The highest BCUT2D eigenvalue weighted by Crippen LogP contribution is 2.36. The molecule has 152 valence electrons. The Balaban J connectivity index is 2.23. The number of carbonyl (C=O) groups excluding carboxylic acids is 2. The van der Waals surface area contributed by atoms with Crippen LogP contribution in [-0.2, 0) is 9.53 Å². The zero-order valence-corrected chi connectivity index (χ0v) is 16.3. The van der Waals surface area contributed by atoms with Crippen LogP contribution in [0.2, 0.25) is 0 Å². The molecule has 0 radical (unpaired) electrons. The van der Waals surface area contributed by atoms with Crippen LogP contribution in [0.25, 0.3) is 10.9 Å². The van der Waals surface area contributed by atoms with E-state index in [1.54, 1.807) is 13.8 Å². The molecule has 0 aliphatic carbocycles. The monoisotopic (exact) mass is 401 g/mol. The van der Waals surface area contributed by atoms with Crippen LogP contribution in [0, 0.1) is 18.6 Å². The molecule has 0 aliphatic heterocycles. The number of halogens is 2. The molecule has 0 unspecified atom stereocenters. The van der Waals surface area contributed by atoms with E-state index in [9.17, 15) is 23.5 Å². The molecule has 2 aromatic carbocycles. The summed E-state index contributed by atoms with van der Waals surface area (Å²) in [6.07, 6.45) is 0.656. The molecular weight excluding hydrogens is 380 g/mol. The molecule has 0 saturated carbocycles. The van der Waals surface area contributed by atoms with Gasteiger partial charge in [-0.3, -0.25) is 14.2 Å². The number of phenols is 1. The Bertz CT molecular complexity index is 1100. The van der Waals surface area contributed by atoms with Gasteiger partial charge in [0.2, 0.25) is 0 Å². The van der Waals surface area contributed by atoms with E-state index in [2.05, 4.69) is 0 Å². The van der Waals surface area contributed by atoms with Gasteiger partial charge in [0.05, 0.1) is 18.0 Å². The van der Waals surface area contributed by atoms with E-state index in [1.165, 1.54) is 28.8 Å². The SMILES string of the molecule is CCCOC(=O)[C@@H](C)c1c(C)n(C(=O)c2cccc(F)c2)c2cc(F)c(O)cc12. The standard InChI is InChI=1S/C22H21F2NO4/c1-4-8-29-22(28)12(2)20-13(3)25(18-11-17(24)19(26)10-16(18)20)21(27)14-6-5-7-15(23)9-14/h5-7,9-12,26H,4,8H2,1-3H3/t12-/m0/s1. The number of nitrogens with zero attached hydrogens (tertiary/aromatic N) is 1. The number of esters is 1. The van der Waals surface area contributed by atoms with Crippen LogP contribution in [0.5, 0.6) is 5.75 Å². The number of aromatic nitrogens is 1. The second-order valence-corrected chi connectivity index (χ2v) is 6.86. The molecule has 5 nitrogen and oxygen atoms in total. The van der Waals surface area contributed by atoms with Crippen molar-refractivity contribution in [3.05, 3.63) is 64.9 Å². The Morgan fingerprint density at radius 2 is 1.93 bits per heavy atom. The number of fused-ring (bicyclic) bond motifs is 1. The summed E-state index contributed by atoms with van der Waals surface area (Å²) in [6.45, 7) is 5.36. The van der Waals surface area contributed by atoms with Crippen LogP contribution in [0.3, 0.4) is 0 Å². The van der Waals surface area contributed by atoms with Crippen LogP contribution in [0.15, 0.2) is 36.4 Å². The van der Waals surface area contributed by atoms with E-state index in [4.69, 9.17) is 4.74 Å². The van der Waals surface area contributed by atoms with Crippen molar-refractivity contribution < 1.29 is 28.2 Å². The number of hydrogen-bond acceptors (Lipinski definition) is 4. The summed E-state index contributed by atoms with van der Waals surface area (Å²) in [5.74, 6) is -3.89. The number of aromatic hydroxyl groups is 1. The number of phenolic OH excluding ortho intramolecular Hbond substituents is 1. The zero-order valence-electron chi connectivity index (χ0n) is 16.3. The van der Waals surface area contributed by atoms with E-state index in [0.717, 1.165) is 12.1 Å². The van der Waals surface area contributed by atoms with Gasteiger partial charge in [0.25, 0.3) is 5.91 Å². The molecule has 0 fully saturated rings. The molecule has 0 amide bonds. The molecule has 1 aromatic heterocycles. The highest BCUT2D eigenvalue weighted by Gasteiger charge is 2.28. The fourth-order valence-electron chi connectivity index (χ4n) is 3.45. The summed E-state index contributed by atoms with van der Waals surface area (Å²) in [5, 5.41) is 10.2. The van der Waals surface area contributed by atoms with E-state index in [1.807, 2.05) is 6.92 Å². The van der Waals surface area contributed by atoms with Crippen LogP contribution >= 0.6 is 0 Å². The molecular formula is C22H21F2NO4. The average Bonchev–Trinajstić information content (AvgIpc) is 2.96. The lowest BCUT2D eigenvalue weighted by atomic mass is 9.98. The highest BCUT2D eigenvalue weighted by atomic mass is 19.1. The molecule has 3 aromatic rings. The Morgan fingerprint density at radius 1 is 1.21 bits per heavy atom. The molecule has 0 aliphatic rings. The Labute approximate surface area is 166 Å². The second-order valence-electron chi connectivity index (χ2n) is 6.86. The highest BCUT2D eigenvalue weighted by molar-refractivity contribution is 6.05. The lowest BCUT2D eigenvalue weighted by Gasteiger charge is -2.13. The summed E-state index contributed by atoms with van der Waals surface area (Å²) in [4.78, 5) is 25.5. The topological polar surface area (TPSA) is 68.5 Å². The van der Waals surface area contributed by atoms with Crippen molar-refractivity contribution in [3.8, 4) is 5.75 Å². The van der Waals surface area contributed by atoms with Gasteiger partial charge in [0.1, 0.15) is 5.82 Å². The minimum absolute atomic E-state index is 0.0752. The predicted molar refractivity (Wildman–Crippen MR) is 104 cm³/mol. The van der Waals surface area contributed by atoms with Crippen molar-refractivity contribution in [3.63, 3.8) is 0 Å². The molecule has 0 bridgehead atoms. The molecule has 1 heterocycles. The van der Waals surface area contributed by atoms with Crippen molar-refractivity contribution >= 4 is 22.8 Å². The number of ether oxygens (including phenoxy) is 1. The van der Waals surface area contributed by atoms with Gasteiger partial charge in [-0.25, -0.2) is 8.78 Å². The van der Waals surface area contributed by atoms with Crippen LogP contribution in [0.1, 0.15) is 47.8 Å². The molecule has 0 spiro atoms. The number of carbonyl (C=O) groups is 2. The van der Waals surface area contributed by atoms with E-state index in [0.29, 0.717) is 23.1 Å². The summed E-state index contributed by atoms with van der Waals surface area (Å²) in [7, 11) is 0. The van der Waals surface area contributed by atoms with Crippen molar-refractivity contribution in [1.82, 2.24) is 4.57 Å². The van der Waals surface area contributed by atoms with Gasteiger partial charge in [-0.15, -0.1) is 0 Å². The first-order valence-corrected chi connectivity index (χ1v) is 9.26. The first-order chi connectivity index (χ1) is 13.8. The van der Waals surface area contributed by atoms with Gasteiger partial charge < -0.3 is 9.84 Å². The minimum Gasteiger partial charge on any atom is -0.505 e. The van der Waals surface area contributed by atoms with Gasteiger partial charge >= 0.3 is 5.97 Å². The Hall–Kier alpha value is -3.22. The first kappa shape index (κ1) is 20.5. The average molecular weight is 401 g/mol. The van der Waals surface area contributed by atoms with Gasteiger partial charge in [-0.2, -0.15) is 0 Å². The van der Waals surface area contributed by atoms with Crippen LogP contribution in [0.4, 0.5) is 8.78 Å². The van der Waals surface area contributed by atoms with E-state index in [-0.39, 0.29) is 17.7 Å². The molecule has 1 atom stereocenters. The smallest absolute Gasteiger partial charge is 0.313 e. The lowest BCUT2D eigenvalue weighted by Crippen LogP contribution is -2.17. The van der Waals surface area contributed by atoms with E-state index < -0.39 is 35.2 Å². The van der Waals surface area contributed by atoms with Crippen molar-refractivity contribution in [2.45, 2.75) is 33.1 Å². The fourth-order valence-corrected chi connectivity index (χ4v) is 3.45. The predicted octanol–water partition coefficient (Wildman–Crippen LogP) is 4.68. The van der Waals surface area contributed by atoms with Crippen LogP contribution < -0.4 is 0 Å². The number of rotatable bonds is 5. The fraction of sp³-hybridized carbons (Fsp3) is 0.273. The first-order valence-electron chi connectivity index (χ1n) is 9.26. The third-order valence-electron chi connectivity index (χ3n) is 4.83. The summed E-state index contributed by atoms with van der Waals surface area (Å²) < 4.78 is 34.2. The van der Waals surface area contributed by atoms with Crippen molar-refractivity contribution in [1.29, 1.82) is 0 Å². The lowest BCUT2D eigenvalue weighted by molar-refractivity contribution is -0.145. The normalized spacial score (nSPS) is 12.2. The third kappa shape index (κ3) is 3.72. The summed E-state index contributed by atoms with van der Waals surface area (Å²) in [5.41, 5.74) is 1.09. The Morgan fingerprint density at radius 3 is 2.59 bits per heavy atom. The maximum absolute atomic E-state index is 14.1. The molecule has 29 heavy (non-hydrogen) atoms. The molecule has 0 saturated heterocycles. The van der Waals surface area contributed by atoms with Crippen LogP contribution in [-0.4, -0.2) is 28.2 Å².